The normalized spacial score (nSPS) is 10.9. The van der Waals surface area contributed by atoms with Gasteiger partial charge >= 0.3 is 0 Å². The molecule has 7 heteroatoms. The first-order valence-corrected chi connectivity index (χ1v) is 10.1. The summed E-state index contributed by atoms with van der Waals surface area (Å²) in [6.45, 7) is 5.24. The van der Waals surface area contributed by atoms with E-state index in [1.807, 2.05) is 20.0 Å². The molecule has 0 atom stereocenters. The van der Waals surface area contributed by atoms with Crippen molar-refractivity contribution in [1.29, 1.82) is 0 Å². The van der Waals surface area contributed by atoms with E-state index in [1.165, 1.54) is 0 Å². The van der Waals surface area contributed by atoms with Crippen LogP contribution in [0.1, 0.15) is 24.5 Å². The van der Waals surface area contributed by atoms with Crippen LogP contribution in [-0.4, -0.2) is 26.7 Å². The SMILES string of the molecule is CCOc1cc(CNCCCNC)c(Cl)cc1OCc1c(Cl)cccc1Cl. The number of ether oxygens (including phenoxy) is 2. The summed E-state index contributed by atoms with van der Waals surface area (Å²) in [4.78, 5) is 0. The fourth-order valence-corrected chi connectivity index (χ4v) is 3.25. The molecule has 0 fully saturated rings. The maximum atomic E-state index is 6.45. The Balaban J connectivity index is 2.10. The summed E-state index contributed by atoms with van der Waals surface area (Å²) in [6.07, 6.45) is 1.05. The predicted molar refractivity (Wildman–Crippen MR) is 114 cm³/mol. The van der Waals surface area contributed by atoms with Gasteiger partial charge in [-0.15, -0.1) is 0 Å². The van der Waals surface area contributed by atoms with E-state index in [0.29, 0.717) is 39.7 Å². The van der Waals surface area contributed by atoms with Crippen LogP contribution in [0.4, 0.5) is 0 Å². The Morgan fingerprint density at radius 1 is 0.926 bits per heavy atom. The molecular weight excluding hydrogens is 407 g/mol. The van der Waals surface area contributed by atoms with Gasteiger partial charge in [-0.2, -0.15) is 0 Å². The van der Waals surface area contributed by atoms with Crippen LogP contribution in [0.2, 0.25) is 15.1 Å². The van der Waals surface area contributed by atoms with Gasteiger partial charge in [0, 0.05) is 33.2 Å². The highest BCUT2D eigenvalue weighted by molar-refractivity contribution is 6.36. The van der Waals surface area contributed by atoms with Gasteiger partial charge in [-0.05, 0) is 57.2 Å². The average molecular weight is 432 g/mol. The molecule has 0 aliphatic heterocycles. The van der Waals surface area contributed by atoms with E-state index in [0.717, 1.165) is 30.6 Å². The molecule has 148 valence electrons. The topological polar surface area (TPSA) is 42.5 Å². The van der Waals surface area contributed by atoms with E-state index in [9.17, 15) is 0 Å². The molecule has 0 aliphatic rings. The summed E-state index contributed by atoms with van der Waals surface area (Å²) in [5.74, 6) is 1.22. The molecule has 0 saturated heterocycles. The van der Waals surface area contributed by atoms with Gasteiger partial charge in [0.15, 0.2) is 11.5 Å². The summed E-state index contributed by atoms with van der Waals surface area (Å²) < 4.78 is 11.7. The van der Waals surface area contributed by atoms with Gasteiger partial charge in [0.1, 0.15) is 6.61 Å². The van der Waals surface area contributed by atoms with Gasteiger partial charge in [0.05, 0.1) is 6.61 Å². The highest BCUT2D eigenvalue weighted by Gasteiger charge is 2.13. The zero-order valence-corrected chi connectivity index (χ0v) is 17.8. The molecule has 0 saturated carbocycles. The summed E-state index contributed by atoms with van der Waals surface area (Å²) >= 11 is 18.9. The summed E-state index contributed by atoms with van der Waals surface area (Å²) in [5.41, 5.74) is 1.70. The highest BCUT2D eigenvalue weighted by Crippen LogP contribution is 2.35. The molecule has 2 aromatic rings. The fourth-order valence-electron chi connectivity index (χ4n) is 2.53. The monoisotopic (exact) mass is 430 g/mol. The van der Waals surface area contributed by atoms with Crippen LogP contribution in [0.25, 0.3) is 0 Å². The van der Waals surface area contributed by atoms with Crippen molar-refractivity contribution >= 4 is 34.8 Å². The van der Waals surface area contributed by atoms with Crippen molar-refractivity contribution in [3.63, 3.8) is 0 Å². The number of hydrogen-bond donors (Lipinski definition) is 2. The third kappa shape index (κ3) is 6.74. The number of nitrogens with one attached hydrogen (secondary N) is 2. The Labute approximate surface area is 176 Å². The zero-order valence-electron chi connectivity index (χ0n) is 15.6. The third-order valence-corrected chi connectivity index (χ3v) is 5.00. The van der Waals surface area contributed by atoms with Gasteiger partial charge in [0.25, 0.3) is 0 Å². The Morgan fingerprint density at radius 3 is 2.30 bits per heavy atom. The molecule has 0 radical (unpaired) electrons. The molecule has 0 bridgehead atoms. The van der Waals surface area contributed by atoms with Crippen LogP contribution >= 0.6 is 34.8 Å². The Bertz CT molecular complexity index is 721. The first-order chi connectivity index (χ1) is 13.1. The second kappa shape index (κ2) is 11.6. The smallest absolute Gasteiger partial charge is 0.163 e. The Morgan fingerprint density at radius 2 is 1.63 bits per heavy atom. The van der Waals surface area contributed by atoms with Crippen molar-refractivity contribution in [2.75, 3.05) is 26.7 Å². The van der Waals surface area contributed by atoms with Crippen LogP contribution in [0.3, 0.4) is 0 Å². The van der Waals surface area contributed by atoms with Gasteiger partial charge in [-0.25, -0.2) is 0 Å². The molecule has 0 heterocycles. The van der Waals surface area contributed by atoms with E-state index >= 15 is 0 Å². The van der Waals surface area contributed by atoms with Crippen molar-refractivity contribution in [3.05, 3.63) is 56.5 Å². The minimum absolute atomic E-state index is 0.233. The molecule has 0 unspecified atom stereocenters. The van der Waals surface area contributed by atoms with Crippen LogP contribution in [0, 0.1) is 0 Å². The van der Waals surface area contributed by atoms with E-state index in [1.54, 1.807) is 24.3 Å². The maximum absolute atomic E-state index is 6.45. The van der Waals surface area contributed by atoms with Crippen LogP contribution in [-0.2, 0) is 13.2 Å². The molecule has 2 rings (SSSR count). The van der Waals surface area contributed by atoms with Crippen molar-refractivity contribution < 1.29 is 9.47 Å². The van der Waals surface area contributed by atoms with Crippen molar-refractivity contribution in [2.24, 2.45) is 0 Å². The Kier molecular flexibility index (Phi) is 9.52. The highest BCUT2D eigenvalue weighted by atomic mass is 35.5. The standard InChI is InChI=1S/C20H25Cl3N2O2/c1-3-26-19-10-14(12-25-9-5-8-24-2)18(23)11-20(19)27-13-15-16(21)6-4-7-17(15)22/h4,6-7,10-11,24-25H,3,5,8-9,12-13H2,1-2H3. The quantitative estimate of drug-likeness (QED) is 0.472. The lowest BCUT2D eigenvalue weighted by atomic mass is 10.2. The lowest BCUT2D eigenvalue weighted by Gasteiger charge is -2.16. The van der Waals surface area contributed by atoms with Crippen LogP contribution < -0.4 is 20.1 Å². The zero-order chi connectivity index (χ0) is 19.6. The van der Waals surface area contributed by atoms with Crippen molar-refractivity contribution in [1.82, 2.24) is 10.6 Å². The fraction of sp³-hybridized carbons (Fsp3) is 0.400. The number of rotatable bonds is 11. The molecule has 2 aromatic carbocycles. The largest absolute Gasteiger partial charge is 0.490 e. The molecule has 0 aromatic heterocycles. The summed E-state index contributed by atoms with van der Waals surface area (Å²) in [5, 5.41) is 8.26. The van der Waals surface area contributed by atoms with E-state index in [2.05, 4.69) is 10.6 Å². The molecule has 0 aliphatic carbocycles. The van der Waals surface area contributed by atoms with E-state index < -0.39 is 0 Å². The number of hydrogen-bond acceptors (Lipinski definition) is 4. The third-order valence-electron chi connectivity index (χ3n) is 3.94. The second-order valence-electron chi connectivity index (χ2n) is 5.95. The number of benzene rings is 2. The van der Waals surface area contributed by atoms with Gasteiger partial charge in [-0.1, -0.05) is 40.9 Å². The molecule has 2 N–H and O–H groups in total. The minimum atomic E-state index is 0.233. The van der Waals surface area contributed by atoms with Gasteiger partial charge in [0.2, 0.25) is 0 Å². The van der Waals surface area contributed by atoms with Crippen molar-refractivity contribution in [2.45, 2.75) is 26.5 Å². The second-order valence-corrected chi connectivity index (χ2v) is 7.17. The van der Waals surface area contributed by atoms with Gasteiger partial charge in [-0.3, -0.25) is 0 Å². The first kappa shape index (κ1) is 22.1. The average Bonchev–Trinajstić information content (AvgIpc) is 2.64. The number of halogens is 3. The Hall–Kier alpha value is -1.17. The molecule has 0 spiro atoms. The van der Waals surface area contributed by atoms with Crippen molar-refractivity contribution in [3.8, 4) is 11.5 Å². The molecule has 0 amide bonds. The molecule has 27 heavy (non-hydrogen) atoms. The van der Waals surface area contributed by atoms with Crippen LogP contribution in [0.15, 0.2) is 30.3 Å². The van der Waals surface area contributed by atoms with E-state index in [-0.39, 0.29) is 6.61 Å². The molecule has 4 nitrogen and oxygen atoms in total. The minimum Gasteiger partial charge on any atom is -0.490 e. The van der Waals surface area contributed by atoms with Crippen LogP contribution in [0.5, 0.6) is 11.5 Å². The maximum Gasteiger partial charge on any atom is 0.163 e. The van der Waals surface area contributed by atoms with Gasteiger partial charge < -0.3 is 20.1 Å². The summed E-state index contributed by atoms with van der Waals surface area (Å²) in [6, 6.07) is 9.06. The lowest BCUT2D eigenvalue weighted by molar-refractivity contribution is 0.269. The van der Waals surface area contributed by atoms with E-state index in [4.69, 9.17) is 44.3 Å². The lowest BCUT2D eigenvalue weighted by Crippen LogP contribution is -2.19. The summed E-state index contributed by atoms with van der Waals surface area (Å²) in [7, 11) is 1.94. The predicted octanol–water partition coefficient (Wildman–Crippen LogP) is 5.32. The first-order valence-electron chi connectivity index (χ1n) is 8.93. The molecular formula is C20H25Cl3N2O2.